The van der Waals surface area contributed by atoms with E-state index in [2.05, 4.69) is 15.4 Å². The number of carbonyl (C=O) groups excluding carboxylic acids is 2. The van der Waals surface area contributed by atoms with Gasteiger partial charge in [-0.25, -0.2) is 4.99 Å². The third kappa shape index (κ3) is 4.80. The maximum Gasteiger partial charge on any atom is 0.316 e. The van der Waals surface area contributed by atoms with Crippen LogP contribution >= 0.6 is 11.8 Å². The summed E-state index contributed by atoms with van der Waals surface area (Å²) < 4.78 is 4.69. The smallest absolute Gasteiger partial charge is 0.316 e. The highest BCUT2D eigenvalue weighted by Gasteiger charge is 2.29. The van der Waals surface area contributed by atoms with Crippen molar-refractivity contribution in [2.45, 2.75) is 13.0 Å². The van der Waals surface area contributed by atoms with Gasteiger partial charge in [0.15, 0.2) is 5.17 Å². The molecule has 0 fully saturated rings. The standard InChI is InChI=1S/C21H21N3O3S/c1-14-18(20(26)23-16-11-7-4-8-12-16)19(15-9-5-3-6-10-15)24-21(22-14)28-13-17(25)27-2/h3-12,19H,13H2,1-2H3,(H,22,24)(H,23,26)/t19-/m0/s1. The van der Waals surface area contributed by atoms with Crippen LogP contribution in [-0.2, 0) is 14.3 Å². The number of carbonyl (C=O) groups is 2. The summed E-state index contributed by atoms with van der Waals surface area (Å²) in [6, 6.07) is 18.4. The number of hydrogen-bond acceptors (Lipinski definition) is 6. The van der Waals surface area contributed by atoms with Gasteiger partial charge >= 0.3 is 5.97 Å². The second kappa shape index (κ2) is 9.23. The first-order valence-corrected chi connectivity index (χ1v) is 9.73. The Morgan fingerprint density at radius 2 is 1.75 bits per heavy atom. The summed E-state index contributed by atoms with van der Waals surface area (Å²) in [5.41, 5.74) is 2.86. The zero-order valence-corrected chi connectivity index (χ0v) is 16.5. The Kier molecular flexibility index (Phi) is 6.49. The molecule has 0 spiro atoms. The number of ether oxygens (including phenoxy) is 1. The Bertz CT molecular complexity index is 911. The van der Waals surface area contributed by atoms with E-state index in [4.69, 9.17) is 4.99 Å². The number of rotatable bonds is 5. The number of amidine groups is 1. The van der Waals surface area contributed by atoms with Gasteiger partial charge in [0.1, 0.15) is 6.04 Å². The summed E-state index contributed by atoms with van der Waals surface area (Å²) in [4.78, 5) is 29.2. The van der Waals surface area contributed by atoms with Gasteiger partial charge in [0.05, 0.1) is 18.4 Å². The maximum atomic E-state index is 13.0. The van der Waals surface area contributed by atoms with Crippen LogP contribution in [0.5, 0.6) is 0 Å². The van der Waals surface area contributed by atoms with E-state index in [1.807, 2.05) is 67.6 Å². The average molecular weight is 395 g/mol. The molecular weight excluding hydrogens is 374 g/mol. The number of thioether (sulfide) groups is 1. The van der Waals surface area contributed by atoms with E-state index < -0.39 is 6.04 Å². The number of hydrogen-bond donors (Lipinski definition) is 2. The molecule has 7 heteroatoms. The van der Waals surface area contributed by atoms with E-state index in [-0.39, 0.29) is 17.6 Å². The van der Waals surface area contributed by atoms with Crippen LogP contribution in [0.3, 0.4) is 0 Å². The fourth-order valence-electron chi connectivity index (χ4n) is 2.80. The van der Waals surface area contributed by atoms with Crippen LogP contribution in [0.4, 0.5) is 5.69 Å². The van der Waals surface area contributed by atoms with Gasteiger partial charge in [-0.2, -0.15) is 0 Å². The van der Waals surface area contributed by atoms with Crippen LogP contribution in [0, 0.1) is 0 Å². The molecular formula is C21H21N3O3S. The number of amides is 1. The van der Waals surface area contributed by atoms with E-state index in [1.165, 1.54) is 18.9 Å². The van der Waals surface area contributed by atoms with Gasteiger partial charge < -0.3 is 15.4 Å². The molecule has 1 amide bonds. The summed E-state index contributed by atoms with van der Waals surface area (Å²) in [5, 5.41) is 6.64. The molecule has 0 radical (unpaired) electrons. The summed E-state index contributed by atoms with van der Waals surface area (Å²) in [6.45, 7) is 1.84. The van der Waals surface area contributed by atoms with Crippen molar-refractivity contribution >= 4 is 34.5 Å². The minimum Gasteiger partial charge on any atom is -0.468 e. The molecule has 0 aliphatic carbocycles. The van der Waals surface area contributed by atoms with Crippen molar-refractivity contribution in [1.82, 2.24) is 5.32 Å². The van der Waals surface area contributed by atoms with Gasteiger partial charge in [0, 0.05) is 11.4 Å². The molecule has 0 saturated heterocycles. The Balaban J connectivity index is 1.89. The third-order valence-electron chi connectivity index (χ3n) is 4.16. The van der Waals surface area contributed by atoms with Crippen LogP contribution in [0.25, 0.3) is 0 Å². The number of aliphatic imine (C=N–C) groups is 1. The van der Waals surface area contributed by atoms with Gasteiger partial charge in [-0.1, -0.05) is 60.3 Å². The molecule has 0 unspecified atom stereocenters. The van der Waals surface area contributed by atoms with E-state index in [1.54, 1.807) is 0 Å². The Labute approximate surface area is 168 Å². The minimum absolute atomic E-state index is 0.142. The largest absolute Gasteiger partial charge is 0.468 e. The van der Waals surface area contributed by atoms with Crippen molar-refractivity contribution in [3.05, 3.63) is 77.5 Å². The molecule has 1 aliphatic rings. The normalized spacial score (nSPS) is 16.1. The number of esters is 1. The molecule has 0 saturated carbocycles. The highest BCUT2D eigenvalue weighted by atomic mass is 32.2. The zero-order valence-electron chi connectivity index (χ0n) is 15.6. The van der Waals surface area contributed by atoms with Crippen molar-refractivity contribution in [1.29, 1.82) is 0 Å². The van der Waals surface area contributed by atoms with Crippen molar-refractivity contribution in [3.63, 3.8) is 0 Å². The van der Waals surface area contributed by atoms with Crippen molar-refractivity contribution in [2.24, 2.45) is 4.99 Å². The zero-order chi connectivity index (χ0) is 19.9. The number of anilines is 1. The van der Waals surface area contributed by atoms with Crippen molar-refractivity contribution in [3.8, 4) is 0 Å². The number of para-hydroxylation sites is 1. The molecule has 0 bridgehead atoms. The molecule has 6 nitrogen and oxygen atoms in total. The van der Waals surface area contributed by atoms with Crippen LogP contribution in [-0.4, -0.2) is 29.9 Å². The van der Waals surface area contributed by atoms with Crippen LogP contribution in [0.15, 0.2) is 76.9 Å². The summed E-state index contributed by atoms with van der Waals surface area (Å²) >= 11 is 1.25. The number of methoxy groups -OCH3 is 1. The number of benzene rings is 2. The second-order valence-electron chi connectivity index (χ2n) is 6.10. The fourth-order valence-corrected chi connectivity index (χ4v) is 3.57. The predicted molar refractivity (Wildman–Crippen MR) is 112 cm³/mol. The Morgan fingerprint density at radius 1 is 1.11 bits per heavy atom. The number of nitrogens with one attached hydrogen (secondary N) is 2. The summed E-state index contributed by atoms with van der Waals surface area (Å²) in [5.74, 6) is -0.409. The molecule has 0 aromatic heterocycles. The van der Waals surface area contributed by atoms with E-state index in [0.717, 1.165) is 11.3 Å². The topological polar surface area (TPSA) is 79.8 Å². The first kappa shape index (κ1) is 19.7. The van der Waals surface area contributed by atoms with Crippen LogP contribution in [0.2, 0.25) is 0 Å². The number of allylic oxidation sites excluding steroid dienone is 1. The second-order valence-corrected chi connectivity index (χ2v) is 7.06. The van der Waals surface area contributed by atoms with Gasteiger partial charge in [-0.3, -0.25) is 9.59 Å². The van der Waals surface area contributed by atoms with Crippen LogP contribution < -0.4 is 10.6 Å². The molecule has 1 atom stereocenters. The molecule has 1 aliphatic heterocycles. The Morgan fingerprint density at radius 3 is 2.39 bits per heavy atom. The first-order valence-electron chi connectivity index (χ1n) is 8.75. The molecule has 2 aromatic carbocycles. The molecule has 144 valence electrons. The van der Waals surface area contributed by atoms with Crippen molar-refractivity contribution in [2.75, 3.05) is 18.2 Å². The predicted octanol–water partition coefficient (Wildman–Crippen LogP) is 3.51. The monoisotopic (exact) mass is 395 g/mol. The molecule has 28 heavy (non-hydrogen) atoms. The van der Waals surface area contributed by atoms with Crippen LogP contribution in [0.1, 0.15) is 18.5 Å². The summed E-state index contributed by atoms with van der Waals surface area (Å²) in [6.07, 6.45) is 0. The lowest BCUT2D eigenvalue weighted by Crippen LogP contribution is -2.32. The number of nitrogens with zero attached hydrogens (tertiary/aromatic N) is 1. The van der Waals surface area contributed by atoms with E-state index in [0.29, 0.717) is 16.4 Å². The lowest BCUT2D eigenvalue weighted by atomic mass is 9.96. The first-order chi connectivity index (χ1) is 13.6. The van der Waals surface area contributed by atoms with Gasteiger partial charge in [-0.15, -0.1) is 0 Å². The maximum absolute atomic E-state index is 13.0. The van der Waals surface area contributed by atoms with E-state index >= 15 is 0 Å². The van der Waals surface area contributed by atoms with Gasteiger partial charge in [0.25, 0.3) is 5.91 Å². The fraction of sp³-hybridized carbons (Fsp3) is 0.190. The molecule has 2 aromatic rings. The third-order valence-corrected chi connectivity index (χ3v) is 5.03. The lowest BCUT2D eigenvalue weighted by molar-refractivity contribution is -0.137. The van der Waals surface area contributed by atoms with Gasteiger partial charge in [-0.05, 0) is 24.6 Å². The highest BCUT2D eigenvalue weighted by molar-refractivity contribution is 8.14. The molecule has 2 N–H and O–H groups in total. The van der Waals surface area contributed by atoms with E-state index in [9.17, 15) is 9.59 Å². The lowest BCUT2D eigenvalue weighted by Gasteiger charge is -2.26. The molecule has 3 rings (SSSR count). The van der Waals surface area contributed by atoms with Crippen molar-refractivity contribution < 1.29 is 14.3 Å². The quantitative estimate of drug-likeness (QED) is 0.758. The summed E-state index contributed by atoms with van der Waals surface area (Å²) in [7, 11) is 1.35. The SMILES string of the molecule is COC(=O)CSC1=N[C@@H](c2ccccc2)C(C(=O)Nc2ccccc2)=C(C)N1. The van der Waals surface area contributed by atoms with Gasteiger partial charge in [0.2, 0.25) is 0 Å². The highest BCUT2D eigenvalue weighted by Crippen LogP contribution is 2.32. The Hall–Kier alpha value is -3.06. The molecule has 1 heterocycles. The average Bonchev–Trinajstić information content (AvgIpc) is 2.72. The minimum atomic E-state index is -0.466.